The number of nitrogens with one attached hydrogen (secondary N) is 2. The van der Waals surface area contributed by atoms with Crippen LogP contribution in [0.2, 0.25) is 0 Å². The van der Waals surface area contributed by atoms with Gasteiger partial charge in [-0.3, -0.25) is 0 Å². The lowest BCUT2D eigenvalue weighted by molar-refractivity contribution is -0.137. The molecule has 0 unspecified atom stereocenters. The van der Waals surface area contributed by atoms with Crippen molar-refractivity contribution in [2.24, 2.45) is 0 Å². The van der Waals surface area contributed by atoms with Gasteiger partial charge in [0.05, 0.1) is 17.2 Å². The number of fused-ring (bicyclic) bond motifs is 1. The summed E-state index contributed by atoms with van der Waals surface area (Å²) in [4.78, 5) is 12.5. The second-order valence-electron chi connectivity index (χ2n) is 8.23. The minimum Gasteiger partial charge on any atom is -0.370 e. The maximum Gasteiger partial charge on any atom is 0.421 e. The second-order valence-corrected chi connectivity index (χ2v) is 8.23. The van der Waals surface area contributed by atoms with Gasteiger partial charge in [-0.15, -0.1) is 0 Å². The van der Waals surface area contributed by atoms with Crippen molar-refractivity contribution >= 4 is 17.6 Å². The quantitative estimate of drug-likeness (QED) is 0.610. The van der Waals surface area contributed by atoms with Crippen LogP contribution in [0.25, 0.3) is 0 Å². The third-order valence-corrected chi connectivity index (χ3v) is 5.93. The zero-order chi connectivity index (χ0) is 21.8. The molecule has 11 heteroatoms. The highest BCUT2D eigenvalue weighted by atomic mass is 19.4. The molecule has 0 amide bonds. The average Bonchev–Trinajstić information content (AvgIpc) is 3.15. The highest BCUT2D eigenvalue weighted by molar-refractivity contribution is 5.55. The van der Waals surface area contributed by atoms with Gasteiger partial charge in [0.15, 0.2) is 0 Å². The van der Waals surface area contributed by atoms with Crippen molar-refractivity contribution in [2.45, 2.75) is 57.3 Å². The average molecular weight is 432 g/mol. The van der Waals surface area contributed by atoms with Crippen LogP contribution in [-0.4, -0.2) is 35.8 Å². The normalized spacial score (nSPS) is 20.7. The first-order valence-electron chi connectivity index (χ1n) is 10.4. The standard InChI is InChI=1S/C20H23F3N8/c1-3-24-16-13(20(21,22)23)11-26-18(28-16)27-15-10-14(29-31(15)12-4-5-12)19(2)6-8-30-9-7-25-17(19)30/h7,9-12H,3-6,8H2,1-2H3,(H2,24,26,27,28)/t19-/m1/s1. The zero-order valence-electron chi connectivity index (χ0n) is 17.2. The molecule has 1 atom stereocenters. The fourth-order valence-corrected chi connectivity index (χ4v) is 4.09. The minimum atomic E-state index is -4.53. The molecule has 5 rings (SSSR count). The molecule has 31 heavy (non-hydrogen) atoms. The molecule has 3 aromatic rings. The van der Waals surface area contributed by atoms with E-state index in [0.717, 1.165) is 43.5 Å². The van der Waals surface area contributed by atoms with E-state index in [9.17, 15) is 13.2 Å². The molecule has 1 fully saturated rings. The molecular weight excluding hydrogens is 409 g/mol. The molecule has 0 spiro atoms. The van der Waals surface area contributed by atoms with Gasteiger partial charge in [0.1, 0.15) is 23.0 Å². The Hall–Kier alpha value is -3.11. The molecule has 3 aromatic heterocycles. The van der Waals surface area contributed by atoms with Crippen molar-refractivity contribution in [3.05, 3.63) is 41.7 Å². The van der Waals surface area contributed by atoms with Gasteiger partial charge in [0.25, 0.3) is 0 Å². The summed E-state index contributed by atoms with van der Waals surface area (Å²) in [7, 11) is 0. The fourth-order valence-electron chi connectivity index (χ4n) is 4.09. The summed E-state index contributed by atoms with van der Waals surface area (Å²) in [5.74, 6) is 1.50. The topological polar surface area (TPSA) is 85.5 Å². The highest BCUT2D eigenvalue weighted by Gasteiger charge is 2.41. The largest absolute Gasteiger partial charge is 0.421 e. The third kappa shape index (κ3) is 3.41. The Labute approximate surface area is 176 Å². The summed E-state index contributed by atoms with van der Waals surface area (Å²) >= 11 is 0. The Balaban J connectivity index is 1.50. The van der Waals surface area contributed by atoms with Gasteiger partial charge in [-0.2, -0.15) is 23.3 Å². The van der Waals surface area contributed by atoms with Crippen LogP contribution in [0.15, 0.2) is 24.7 Å². The van der Waals surface area contributed by atoms with Crippen molar-refractivity contribution in [3.63, 3.8) is 0 Å². The minimum absolute atomic E-state index is 0.0929. The lowest BCUT2D eigenvalue weighted by Gasteiger charge is -2.19. The second kappa shape index (κ2) is 6.96. The maximum absolute atomic E-state index is 13.3. The lowest BCUT2D eigenvalue weighted by Crippen LogP contribution is -2.22. The predicted octanol–water partition coefficient (Wildman–Crippen LogP) is 4.11. The molecule has 0 bridgehead atoms. The number of imidazole rings is 1. The monoisotopic (exact) mass is 432 g/mol. The van der Waals surface area contributed by atoms with Crippen LogP contribution < -0.4 is 10.6 Å². The molecule has 2 aliphatic rings. The molecule has 0 saturated heterocycles. The van der Waals surface area contributed by atoms with E-state index in [4.69, 9.17) is 5.10 Å². The summed E-state index contributed by atoms with van der Waals surface area (Å²) in [6.45, 7) is 5.03. The van der Waals surface area contributed by atoms with E-state index in [-0.39, 0.29) is 23.2 Å². The van der Waals surface area contributed by atoms with Gasteiger partial charge in [-0.1, -0.05) is 0 Å². The Morgan fingerprint density at radius 2 is 2.06 bits per heavy atom. The molecule has 1 aliphatic carbocycles. The number of rotatable bonds is 6. The number of nitrogens with zero attached hydrogens (tertiary/aromatic N) is 6. The van der Waals surface area contributed by atoms with Crippen LogP contribution in [0.5, 0.6) is 0 Å². The molecule has 0 aromatic carbocycles. The van der Waals surface area contributed by atoms with Gasteiger partial charge in [0, 0.05) is 37.7 Å². The molecule has 0 radical (unpaired) electrons. The zero-order valence-corrected chi connectivity index (χ0v) is 17.2. The summed E-state index contributed by atoms with van der Waals surface area (Å²) in [6, 6.07) is 2.21. The first-order valence-corrected chi connectivity index (χ1v) is 10.4. The van der Waals surface area contributed by atoms with Crippen LogP contribution in [0.1, 0.15) is 56.2 Å². The predicted molar refractivity (Wildman–Crippen MR) is 108 cm³/mol. The summed E-state index contributed by atoms with van der Waals surface area (Å²) in [5, 5.41) is 10.6. The van der Waals surface area contributed by atoms with Gasteiger partial charge in [0.2, 0.25) is 5.95 Å². The number of alkyl halides is 3. The third-order valence-electron chi connectivity index (χ3n) is 5.93. The Morgan fingerprint density at radius 1 is 1.26 bits per heavy atom. The smallest absolute Gasteiger partial charge is 0.370 e. The Morgan fingerprint density at radius 3 is 2.77 bits per heavy atom. The molecule has 164 valence electrons. The van der Waals surface area contributed by atoms with Crippen molar-refractivity contribution in [2.75, 3.05) is 17.2 Å². The number of anilines is 3. The number of hydrogen-bond donors (Lipinski definition) is 2. The van der Waals surface area contributed by atoms with E-state index in [1.165, 1.54) is 0 Å². The number of halogens is 3. The molecule has 1 aliphatic heterocycles. The van der Waals surface area contributed by atoms with Gasteiger partial charge in [-0.05, 0) is 33.1 Å². The Kier molecular flexibility index (Phi) is 4.45. The SMILES string of the molecule is CCNc1nc(Nc2cc([C@@]3(C)CCn4ccnc43)nn2C2CC2)ncc1C(F)(F)F. The lowest BCUT2D eigenvalue weighted by atomic mass is 9.85. The summed E-state index contributed by atoms with van der Waals surface area (Å²) in [6.07, 6.45) is 2.95. The molecular formula is C20H23F3N8. The van der Waals surface area contributed by atoms with E-state index in [1.54, 1.807) is 13.1 Å². The first-order chi connectivity index (χ1) is 14.8. The van der Waals surface area contributed by atoms with Crippen LogP contribution in [0, 0.1) is 0 Å². The van der Waals surface area contributed by atoms with Crippen LogP contribution in [-0.2, 0) is 18.1 Å². The first kappa shape index (κ1) is 19.8. The van der Waals surface area contributed by atoms with E-state index in [1.807, 2.05) is 16.9 Å². The molecule has 8 nitrogen and oxygen atoms in total. The van der Waals surface area contributed by atoms with E-state index >= 15 is 0 Å². The van der Waals surface area contributed by atoms with E-state index in [0.29, 0.717) is 12.4 Å². The van der Waals surface area contributed by atoms with Crippen LogP contribution in [0.4, 0.5) is 30.8 Å². The van der Waals surface area contributed by atoms with Crippen LogP contribution in [0.3, 0.4) is 0 Å². The number of aromatic nitrogens is 6. The van der Waals surface area contributed by atoms with Gasteiger partial charge in [-0.25, -0.2) is 14.6 Å². The summed E-state index contributed by atoms with van der Waals surface area (Å²) < 4.78 is 43.8. The van der Waals surface area contributed by atoms with E-state index in [2.05, 4.69) is 37.1 Å². The van der Waals surface area contributed by atoms with Crippen molar-refractivity contribution in [1.82, 2.24) is 29.3 Å². The van der Waals surface area contributed by atoms with E-state index < -0.39 is 11.7 Å². The van der Waals surface area contributed by atoms with Gasteiger partial charge >= 0.3 is 6.18 Å². The van der Waals surface area contributed by atoms with Crippen molar-refractivity contribution in [1.29, 1.82) is 0 Å². The summed E-state index contributed by atoms with van der Waals surface area (Å²) in [5.41, 5.74) is -0.331. The number of hydrogen-bond acceptors (Lipinski definition) is 6. The van der Waals surface area contributed by atoms with Crippen molar-refractivity contribution < 1.29 is 13.2 Å². The number of aryl methyl sites for hydroxylation is 1. The Bertz CT molecular complexity index is 1110. The molecule has 2 N–H and O–H groups in total. The van der Waals surface area contributed by atoms with Gasteiger partial charge < -0.3 is 15.2 Å². The molecule has 1 saturated carbocycles. The maximum atomic E-state index is 13.3. The highest BCUT2D eigenvalue weighted by Crippen LogP contribution is 2.43. The molecule has 4 heterocycles. The van der Waals surface area contributed by atoms with Crippen molar-refractivity contribution in [3.8, 4) is 0 Å². The fraction of sp³-hybridized carbons (Fsp3) is 0.500. The van der Waals surface area contributed by atoms with Crippen LogP contribution >= 0.6 is 0 Å².